The molecular formula is C24H23F5N4O5. The van der Waals surface area contributed by atoms with Gasteiger partial charge in [0.25, 0.3) is 11.8 Å². The lowest BCUT2D eigenvalue weighted by Gasteiger charge is -2.70. The Morgan fingerprint density at radius 3 is 2.55 bits per heavy atom. The van der Waals surface area contributed by atoms with Crippen LogP contribution in [0.3, 0.4) is 0 Å². The first-order chi connectivity index (χ1) is 17.9. The van der Waals surface area contributed by atoms with Crippen molar-refractivity contribution in [1.82, 2.24) is 20.0 Å². The van der Waals surface area contributed by atoms with E-state index in [9.17, 15) is 36.6 Å². The molecule has 1 aromatic heterocycles. The van der Waals surface area contributed by atoms with Crippen molar-refractivity contribution in [2.45, 2.75) is 55.3 Å². The van der Waals surface area contributed by atoms with E-state index in [1.807, 2.05) is 0 Å². The van der Waals surface area contributed by atoms with Crippen molar-refractivity contribution in [3.63, 3.8) is 0 Å². The molecule has 1 aromatic carbocycles. The number of hydrogen-bond donors (Lipinski definition) is 2. The maximum Gasteiger partial charge on any atom is 0.522 e. The number of alkyl halides is 3. The molecule has 4 fully saturated rings. The Balaban J connectivity index is 1.01. The van der Waals surface area contributed by atoms with Gasteiger partial charge in [-0.2, -0.15) is 5.10 Å². The van der Waals surface area contributed by atoms with Gasteiger partial charge in [-0.05, 0) is 25.3 Å². The Hall–Kier alpha value is -3.26. The molecule has 2 bridgehead atoms. The molecule has 3 heterocycles. The predicted octanol–water partition coefficient (Wildman–Crippen LogP) is 2.40. The summed E-state index contributed by atoms with van der Waals surface area (Å²) < 4.78 is 74.6. The number of aliphatic hydroxyl groups excluding tert-OH is 1. The van der Waals surface area contributed by atoms with Crippen molar-refractivity contribution < 1.29 is 46.1 Å². The van der Waals surface area contributed by atoms with E-state index < -0.39 is 48.3 Å². The van der Waals surface area contributed by atoms with Gasteiger partial charge in [0.2, 0.25) is 0 Å². The van der Waals surface area contributed by atoms with Crippen molar-refractivity contribution in [3.05, 3.63) is 47.3 Å². The standard InChI is InChI=1S/C24H23F5N4O5/c25-15-1-14-17(34)3-19(38-18(14)2-16(15)26)20(35)31-22-9-23(10-22,11-22)33-7-13(4-30-33)21(36)32-5-12(6-32)8-37-24(27,28)29/h1-2,4,7,12,17,19,34H,3,5-6,8-11H2,(H,31,35)/t17-,19-,22?,23?/m1/s1. The molecule has 204 valence electrons. The minimum Gasteiger partial charge on any atom is -0.480 e. The molecule has 2 N–H and O–H groups in total. The molecule has 7 rings (SSSR count). The highest BCUT2D eigenvalue weighted by Crippen LogP contribution is 2.65. The molecule has 0 radical (unpaired) electrons. The third-order valence-corrected chi connectivity index (χ3v) is 7.84. The van der Waals surface area contributed by atoms with Crippen LogP contribution in [-0.2, 0) is 15.1 Å². The molecule has 9 nitrogen and oxygen atoms in total. The molecule has 2 aromatic rings. The normalized spacial score (nSPS) is 29.9. The van der Waals surface area contributed by atoms with Crippen LogP contribution in [0, 0.1) is 17.6 Å². The van der Waals surface area contributed by atoms with Crippen molar-refractivity contribution in [2.75, 3.05) is 19.7 Å². The number of carbonyl (C=O) groups is 2. The zero-order valence-electron chi connectivity index (χ0n) is 19.8. The van der Waals surface area contributed by atoms with Crippen LogP contribution < -0.4 is 10.1 Å². The molecule has 1 saturated heterocycles. The molecule has 3 saturated carbocycles. The van der Waals surface area contributed by atoms with Crippen molar-refractivity contribution in [1.29, 1.82) is 0 Å². The zero-order chi connectivity index (χ0) is 27.0. The van der Waals surface area contributed by atoms with E-state index in [0.29, 0.717) is 24.8 Å². The quantitative estimate of drug-likeness (QED) is 0.544. The van der Waals surface area contributed by atoms with Crippen LogP contribution in [0.1, 0.15) is 47.7 Å². The minimum atomic E-state index is -4.69. The molecule has 5 aliphatic rings. The second-order valence-electron chi connectivity index (χ2n) is 10.7. The molecule has 38 heavy (non-hydrogen) atoms. The Labute approximate surface area is 212 Å². The second kappa shape index (κ2) is 8.37. The minimum absolute atomic E-state index is 0.0768. The number of nitrogens with zero attached hydrogens (tertiary/aromatic N) is 3. The highest BCUT2D eigenvalue weighted by molar-refractivity contribution is 5.94. The van der Waals surface area contributed by atoms with Crippen LogP contribution in [0.15, 0.2) is 24.5 Å². The number of carbonyl (C=O) groups excluding carboxylic acids is 2. The average molecular weight is 542 g/mol. The van der Waals surface area contributed by atoms with Gasteiger partial charge >= 0.3 is 6.36 Å². The lowest BCUT2D eigenvalue weighted by molar-refractivity contribution is -0.330. The van der Waals surface area contributed by atoms with Crippen molar-refractivity contribution in [3.8, 4) is 5.75 Å². The van der Waals surface area contributed by atoms with E-state index in [0.717, 1.165) is 12.1 Å². The highest BCUT2D eigenvalue weighted by Gasteiger charge is 2.70. The van der Waals surface area contributed by atoms with E-state index in [4.69, 9.17) is 4.74 Å². The highest BCUT2D eigenvalue weighted by atomic mass is 19.4. The summed E-state index contributed by atoms with van der Waals surface area (Å²) >= 11 is 0. The van der Waals surface area contributed by atoms with Gasteiger partial charge < -0.3 is 20.1 Å². The van der Waals surface area contributed by atoms with Gasteiger partial charge in [0.05, 0.1) is 30.0 Å². The monoisotopic (exact) mass is 542 g/mol. The number of rotatable bonds is 6. The number of ether oxygens (including phenoxy) is 2. The van der Waals surface area contributed by atoms with E-state index in [-0.39, 0.29) is 48.2 Å². The molecule has 2 aliphatic heterocycles. The summed E-state index contributed by atoms with van der Waals surface area (Å²) in [4.78, 5) is 26.9. The Morgan fingerprint density at radius 2 is 1.87 bits per heavy atom. The second-order valence-corrected chi connectivity index (χ2v) is 10.7. The first-order valence-electron chi connectivity index (χ1n) is 12.1. The Morgan fingerprint density at radius 1 is 1.18 bits per heavy atom. The number of aromatic nitrogens is 2. The first kappa shape index (κ1) is 25.0. The molecule has 14 heteroatoms. The third-order valence-electron chi connectivity index (χ3n) is 7.84. The number of fused-ring (bicyclic) bond motifs is 1. The zero-order valence-corrected chi connectivity index (χ0v) is 19.8. The topological polar surface area (TPSA) is 106 Å². The summed E-state index contributed by atoms with van der Waals surface area (Å²) in [6.45, 7) is -0.148. The number of likely N-dealkylation sites (tertiary alicyclic amines) is 1. The number of hydrogen-bond acceptors (Lipinski definition) is 6. The first-order valence-corrected chi connectivity index (χ1v) is 12.1. The molecule has 3 aliphatic carbocycles. The summed E-state index contributed by atoms with van der Waals surface area (Å²) in [7, 11) is 0. The van der Waals surface area contributed by atoms with Crippen LogP contribution >= 0.6 is 0 Å². The summed E-state index contributed by atoms with van der Waals surface area (Å²) in [5.41, 5.74) is -0.428. The van der Waals surface area contributed by atoms with Crippen LogP contribution in [0.5, 0.6) is 5.75 Å². The van der Waals surface area contributed by atoms with Crippen LogP contribution in [0.4, 0.5) is 22.0 Å². The SMILES string of the molecule is O=C(NC12CC(n3cc(C(=O)N4CC(COC(F)(F)F)C4)cn3)(C1)C2)[C@H]1C[C@@H](O)c2cc(F)c(F)cc2O1. The van der Waals surface area contributed by atoms with E-state index in [1.165, 1.54) is 11.1 Å². The number of nitrogens with one attached hydrogen (secondary N) is 1. The van der Waals surface area contributed by atoms with Gasteiger partial charge in [-0.25, -0.2) is 8.78 Å². The fraction of sp³-hybridized carbons (Fsp3) is 0.542. The third kappa shape index (κ3) is 4.19. The van der Waals surface area contributed by atoms with Gasteiger partial charge in [-0.15, -0.1) is 13.2 Å². The fourth-order valence-corrected chi connectivity index (χ4v) is 5.98. The Bertz CT molecular complexity index is 1290. The maximum absolute atomic E-state index is 13.6. The summed E-state index contributed by atoms with van der Waals surface area (Å²) in [6, 6.07) is 1.68. The largest absolute Gasteiger partial charge is 0.522 e. The van der Waals surface area contributed by atoms with Crippen molar-refractivity contribution >= 4 is 11.8 Å². The summed E-state index contributed by atoms with van der Waals surface area (Å²) in [5.74, 6) is -3.49. The van der Waals surface area contributed by atoms with E-state index >= 15 is 0 Å². The van der Waals surface area contributed by atoms with E-state index in [1.54, 1.807) is 10.9 Å². The van der Waals surface area contributed by atoms with Crippen LogP contribution in [0.2, 0.25) is 0 Å². The summed E-state index contributed by atoms with van der Waals surface area (Å²) in [5, 5.41) is 17.6. The number of aliphatic hydroxyl groups is 1. The number of amides is 2. The van der Waals surface area contributed by atoms with Gasteiger partial charge in [0.1, 0.15) is 5.75 Å². The lowest BCUT2D eigenvalue weighted by Crippen LogP contribution is -2.79. The van der Waals surface area contributed by atoms with Crippen LogP contribution in [-0.4, -0.2) is 69.3 Å². The molecule has 2 atom stereocenters. The number of benzene rings is 1. The molecular weight excluding hydrogens is 519 g/mol. The van der Waals surface area contributed by atoms with Crippen LogP contribution in [0.25, 0.3) is 0 Å². The van der Waals surface area contributed by atoms with Gasteiger partial charge in [-0.3, -0.25) is 19.0 Å². The van der Waals surface area contributed by atoms with Gasteiger partial charge in [0.15, 0.2) is 17.7 Å². The Kier molecular flexibility index (Phi) is 5.51. The molecule has 2 amide bonds. The fourth-order valence-electron chi connectivity index (χ4n) is 5.98. The van der Waals surface area contributed by atoms with E-state index in [2.05, 4.69) is 15.2 Å². The summed E-state index contributed by atoms with van der Waals surface area (Å²) in [6.07, 6.45) is -2.32. The molecule has 0 spiro atoms. The lowest BCUT2D eigenvalue weighted by atomic mass is 9.44. The van der Waals surface area contributed by atoms with Gasteiger partial charge in [0, 0.05) is 48.8 Å². The maximum atomic E-state index is 13.6. The number of halogens is 5. The smallest absolute Gasteiger partial charge is 0.480 e. The van der Waals surface area contributed by atoms with Gasteiger partial charge in [-0.1, -0.05) is 0 Å². The van der Waals surface area contributed by atoms with Crippen molar-refractivity contribution in [2.24, 2.45) is 5.92 Å². The molecule has 0 unspecified atom stereocenters. The average Bonchev–Trinajstić information content (AvgIpc) is 3.24. The predicted molar refractivity (Wildman–Crippen MR) is 117 cm³/mol.